The van der Waals surface area contributed by atoms with Crippen LogP contribution in [0.3, 0.4) is 0 Å². The van der Waals surface area contributed by atoms with Crippen molar-refractivity contribution >= 4 is 76.3 Å². The first-order valence-corrected chi connectivity index (χ1v) is 33.7. The highest BCUT2D eigenvalue weighted by Gasteiger charge is 2.45. The average Bonchev–Trinajstić information content (AvgIpc) is 3.51. The maximum atomic E-state index is 18.0. The molecule has 0 amide bonds. The van der Waals surface area contributed by atoms with E-state index in [1.807, 2.05) is 257 Å². The Morgan fingerprint density at radius 1 is 0.273 bits per heavy atom. The SMILES string of the molecule is CCCC(Oc1ccccc1P(=O)(c1ccccc1OC(CCC)P(=O)(c1ccccc1)c1ccccc1)c1ccccc1OC(CCC)P(=O)(c1ccccc1)c1ccccc1)P(=O)(c1ccccc1)c1ccccc1. The number of rotatable bonds is 24. The van der Waals surface area contributed by atoms with Crippen molar-refractivity contribution in [1.29, 1.82) is 0 Å². The van der Waals surface area contributed by atoms with Gasteiger partial charge in [-0.25, -0.2) is 0 Å². The minimum Gasteiger partial charge on any atom is -0.481 e. The van der Waals surface area contributed by atoms with E-state index < -0.39 is 46.1 Å². The molecule has 0 aliphatic heterocycles. The number of benzene rings is 9. The summed E-state index contributed by atoms with van der Waals surface area (Å²) in [7, 11) is -15.1. The van der Waals surface area contributed by atoms with Crippen LogP contribution in [0.2, 0.25) is 0 Å². The maximum Gasteiger partial charge on any atom is 0.181 e. The van der Waals surface area contributed by atoms with Crippen LogP contribution in [0.4, 0.5) is 0 Å². The predicted molar refractivity (Wildman–Crippen MR) is 323 cm³/mol. The van der Waals surface area contributed by atoms with Crippen molar-refractivity contribution in [2.75, 3.05) is 0 Å². The number of hydrogen-bond donors (Lipinski definition) is 0. The summed E-state index contributed by atoms with van der Waals surface area (Å²) >= 11 is 0. The van der Waals surface area contributed by atoms with Gasteiger partial charge in [-0.1, -0.05) is 258 Å². The van der Waals surface area contributed by atoms with Crippen LogP contribution < -0.4 is 62.0 Å². The van der Waals surface area contributed by atoms with Gasteiger partial charge < -0.3 is 32.5 Å². The molecule has 77 heavy (non-hydrogen) atoms. The first-order valence-electron chi connectivity index (χ1n) is 26.6. The van der Waals surface area contributed by atoms with E-state index in [-0.39, 0.29) is 17.2 Å². The predicted octanol–water partition coefficient (Wildman–Crippen LogP) is 13.9. The molecule has 0 saturated carbocycles. The molecule has 0 heterocycles. The largest absolute Gasteiger partial charge is 0.481 e. The molecule has 0 spiro atoms. The van der Waals surface area contributed by atoms with Gasteiger partial charge in [-0.3, -0.25) is 0 Å². The summed E-state index contributed by atoms with van der Waals surface area (Å²) in [6.45, 7) is 6.13. The van der Waals surface area contributed by atoms with E-state index in [0.717, 1.165) is 0 Å². The lowest BCUT2D eigenvalue weighted by Crippen LogP contribution is -2.35. The molecule has 0 aromatic heterocycles. The summed E-state index contributed by atoms with van der Waals surface area (Å²) in [6, 6.07) is 78.8. The quantitative estimate of drug-likeness (QED) is 0.0556. The first kappa shape index (κ1) is 55.1. The molecule has 11 heteroatoms. The second kappa shape index (κ2) is 25.2. The van der Waals surface area contributed by atoms with Crippen molar-refractivity contribution in [2.45, 2.75) is 76.8 Å². The van der Waals surface area contributed by atoms with Crippen LogP contribution in [0.5, 0.6) is 17.2 Å². The number of hydrogen-bond acceptors (Lipinski definition) is 7. The zero-order chi connectivity index (χ0) is 53.7. The molecule has 0 radical (unpaired) electrons. The Kier molecular flexibility index (Phi) is 18.0. The van der Waals surface area contributed by atoms with Crippen LogP contribution in [-0.4, -0.2) is 17.5 Å². The molecule has 3 atom stereocenters. The first-order chi connectivity index (χ1) is 37.6. The van der Waals surface area contributed by atoms with Gasteiger partial charge in [0.05, 0.1) is 15.9 Å². The Labute approximate surface area is 455 Å². The summed E-state index contributed by atoms with van der Waals surface area (Å²) in [4.78, 5) is 0. The Hall–Kier alpha value is -6.70. The minimum atomic E-state index is -4.35. The van der Waals surface area contributed by atoms with E-state index in [9.17, 15) is 0 Å². The molecule has 0 aliphatic carbocycles. The van der Waals surface area contributed by atoms with Gasteiger partial charge in [0, 0.05) is 31.8 Å². The number of ether oxygens (including phenoxy) is 3. The molecule has 3 unspecified atom stereocenters. The molecule has 9 aromatic carbocycles. The Balaban J connectivity index is 1.28. The monoisotopic (exact) mass is 1090 g/mol. The zero-order valence-electron chi connectivity index (χ0n) is 43.9. The molecule has 0 aliphatic rings. The van der Waals surface area contributed by atoms with Crippen molar-refractivity contribution in [2.24, 2.45) is 0 Å². The van der Waals surface area contributed by atoms with E-state index in [1.165, 1.54) is 0 Å². The minimum absolute atomic E-state index is 0.277. The lowest BCUT2D eigenvalue weighted by atomic mass is 10.3. The zero-order valence-corrected chi connectivity index (χ0v) is 47.4. The lowest BCUT2D eigenvalue weighted by molar-refractivity contribution is 0.264. The van der Waals surface area contributed by atoms with Gasteiger partial charge in [0.25, 0.3) is 0 Å². The van der Waals surface area contributed by atoms with Gasteiger partial charge in [-0.2, -0.15) is 0 Å². The van der Waals surface area contributed by atoms with E-state index in [2.05, 4.69) is 0 Å². The molecule has 0 saturated heterocycles. The van der Waals surface area contributed by atoms with E-state index in [1.54, 1.807) is 18.2 Å². The van der Waals surface area contributed by atoms with Crippen LogP contribution in [0.25, 0.3) is 0 Å². The van der Waals surface area contributed by atoms with Crippen molar-refractivity contribution in [3.8, 4) is 17.2 Å². The van der Waals surface area contributed by atoms with E-state index in [4.69, 9.17) is 14.2 Å². The van der Waals surface area contributed by atoms with E-state index in [0.29, 0.717) is 86.3 Å². The normalized spacial score (nSPS) is 13.9. The fourth-order valence-corrected chi connectivity index (χ4v) is 22.5. The van der Waals surface area contributed by atoms with Crippen LogP contribution in [0.15, 0.2) is 255 Å². The van der Waals surface area contributed by atoms with Crippen LogP contribution >= 0.6 is 28.6 Å². The topological polar surface area (TPSA) is 96.0 Å². The van der Waals surface area contributed by atoms with E-state index >= 15 is 18.3 Å². The number of para-hydroxylation sites is 3. The smallest absolute Gasteiger partial charge is 0.181 e. The highest BCUT2D eigenvalue weighted by molar-refractivity contribution is 7.86. The maximum absolute atomic E-state index is 18.0. The van der Waals surface area contributed by atoms with Crippen molar-refractivity contribution in [1.82, 2.24) is 0 Å². The highest BCUT2D eigenvalue weighted by Crippen LogP contribution is 2.57. The third kappa shape index (κ3) is 11.2. The van der Waals surface area contributed by atoms with Crippen molar-refractivity contribution in [3.05, 3.63) is 255 Å². The van der Waals surface area contributed by atoms with Crippen molar-refractivity contribution < 1.29 is 32.5 Å². The Morgan fingerprint density at radius 2 is 0.455 bits per heavy atom. The molecule has 9 aromatic rings. The lowest BCUT2D eigenvalue weighted by Gasteiger charge is -2.34. The second-order valence-electron chi connectivity index (χ2n) is 19.1. The molecule has 9 rings (SSSR count). The summed E-state index contributed by atoms with van der Waals surface area (Å²) in [5, 5.41) is 4.85. The molecule has 392 valence electrons. The summed E-state index contributed by atoms with van der Waals surface area (Å²) < 4.78 is 88.7. The molecule has 0 N–H and O–H groups in total. The van der Waals surface area contributed by atoms with Gasteiger partial charge in [0.15, 0.2) is 46.1 Å². The summed E-state index contributed by atoms with van der Waals surface area (Å²) in [6.07, 6.45) is 3.18. The van der Waals surface area contributed by atoms with Crippen LogP contribution in [-0.2, 0) is 18.3 Å². The van der Waals surface area contributed by atoms with Crippen LogP contribution in [0.1, 0.15) is 59.3 Å². The fraction of sp³-hybridized carbons (Fsp3) is 0.182. The van der Waals surface area contributed by atoms with Gasteiger partial charge in [-0.05, 0) is 55.7 Å². The Morgan fingerprint density at radius 3 is 0.649 bits per heavy atom. The average molecular weight is 1100 g/mol. The second-order valence-corrected chi connectivity index (χ2v) is 30.5. The molecular weight excluding hydrogens is 1030 g/mol. The Bertz CT molecular complexity index is 3030. The molecule has 7 nitrogen and oxygen atoms in total. The third-order valence-corrected chi connectivity index (χ3v) is 27.1. The molecule has 0 bridgehead atoms. The molecular formula is C66H66O7P4. The van der Waals surface area contributed by atoms with Gasteiger partial charge in [-0.15, -0.1) is 0 Å². The molecule has 0 fully saturated rings. The summed E-state index contributed by atoms with van der Waals surface area (Å²) in [5.74, 6) is -1.80. The fourth-order valence-electron chi connectivity index (χ4n) is 10.3. The van der Waals surface area contributed by atoms with Gasteiger partial charge in [0.1, 0.15) is 17.2 Å². The van der Waals surface area contributed by atoms with Crippen LogP contribution in [0, 0.1) is 0 Å². The van der Waals surface area contributed by atoms with Gasteiger partial charge >= 0.3 is 0 Å². The standard InChI is InChI=1S/C66H66O7P4/c1-4-31-64(74(67,52-34-13-7-14-35-52)53-36-15-8-16-37-53)71-58-46-25-28-49-61(58)77(70,62-50-29-26-47-59(62)72-65(32-5-2)75(68,54-38-17-9-18-39-54)55-40-19-10-20-41-55)63-51-30-27-48-60(63)73-66(33-6-3)76(69,56-42-21-11-22-43-56)57-44-23-12-24-45-57/h7-30,34-51,64-66H,4-6,31-33H2,1-3H3. The van der Waals surface area contributed by atoms with Gasteiger partial charge in [0.2, 0.25) is 0 Å². The third-order valence-electron chi connectivity index (χ3n) is 14.1. The highest BCUT2D eigenvalue weighted by atomic mass is 31.2. The van der Waals surface area contributed by atoms with Crippen molar-refractivity contribution in [3.63, 3.8) is 0 Å². The summed E-state index contributed by atoms with van der Waals surface area (Å²) in [5.41, 5.74) is 0.